The van der Waals surface area contributed by atoms with Gasteiger partial charge in [0.1, 0.15) is 0 Å². The largest absolute Gasteiger partial charge is 0.399 e. The second-order valence-electron chi connectivity index (χ2n) is 6.52. The predicted octanol–water partition coefficient (Wildman–Crippen LogP) is 2.73. The van der Waals surface area contributed by atoms with Crippen molar-refractivity contribution in [2.45, 2.75) is 13.0 Å². The van der Waals surface area contributed by atoms with Crippen LogP contribution in [0.15, 0.2) is 72.8 Å². The molecule has 0 unspecified atom stereocenters. The molecule has 0 saturated heterocycles. The van der Waals surface area contributed by atoms with E-state index in [-0.39, 0.29) is 12.3 Å². The lowest BCUT2D eigenvalue weighted by Crippen LogP contribution is -2.32. The van der Waals surface area contributed by atoms with Crippen molar-refractivity contribution < 1.29 is 9.59 Å². The van der Waals surface area contributed by atoms with E-state index < -0.39 is 5.91 Å². The Labute approximate surface area is 163 Å². The van der Waals surface area contributed by atoms with Gasteiger partial charge in [0.15, 0.2) is 0 Å². The molecule has 28 heavy (non-hydrogen) atoms. The monoisotopic (exact) mass is 374 g/mol. The van der Waals surface area contributed by atoms with Gasteiger partial charge in [-0.3, -0.25) is 9.59 Å². The van der Waals surface area contributed by atoms with Crippen molar-refractivity contribution in [3.05, 3.63) is 89.5 Å². The Kier molecular flexibility index (Phi) is 5.60. The zero-order valence-electron chi connectivity index (χ0n) is 15.3. The first-order valence-electron chi connectivity index (χ1n) is 8.82. The summed E-state index contributed by atoms with van der Waals surface area (Å²) in [5.74, 6) is -0.601. The number of carbonyl (C=O) groups is 2. The van der Waals surface area contributed by atoms with E-state index in [1.807, 2.05) is 30.3 Å². The van der Waals surface area contributed by atoms with Gasteiger partial charge in [-0.1, -0.05) is 36.4 Å². The van der Waals surface area contributed by atoms with Crippen molar-refractivity contribution in [2.24, 2.45) is 5.73 Å². The maximum atomic E-state index is 13.1. The van der Waals surface area contributed by atoms with Gasteiger partial charge in [-0.15, -0.1) is 0 Å². The number of hydrogen-bond acceptors (Lipinski definition) is 4. The van der Waals surface area contributed by atoms with Crippen LogP contribution in [-0.2, 0) is 17.8 Å². The van der Waals surface area contributed by atoms with E-state index in [9.17, 15) is 9.59 Å². The van der Waals surface area contributed by atoms with Crippen molar-refractivity contribution in [1.82, 2.24) is 0 Å². The fraction of sp³-hybridized carbons (Fsp3) is 0.0909. The molecule has 0 saturated carbocycles. The average Bonchev–Trinajstić information content (AvgIpc) is 2.67. The minimum atomic E-state index is -0.492. The molecular weight excluding hydrogens is 352 g/mol. The number of rotatable bonds is 6. The molecule has 0 aliphatic carbocycles. The SMILES string of the molecule is NC(=O)c1ccc(CN(C(=O)Cc2cccc(N)c2)c2ccccc2N)cc1. The van der Waals surface area contributed by atoms with Crippen LogP contribution in [0.4, 0.5) is 17.1 Å². The van der Waals surface area contributed by atoms with Crippen LogP contribution in [0.25, 0.3) is 0 Å². The lowest BCUT2D eigenvalue weighted by molar-refractivity contribution is -0.118. The van der Waals surface area contributed by atoms with Gasteiger partial charge < -0.3 is 22.1 Å². The minimum absolute atomic E-state index is 0.109. The molecule has 0 heterocycles. The lowest BCUT2D eigenvalue weighted by Gasteiger charge is -2.25. The van der Waals surface area contributed by atoms with Crippen LogP contribution in [0, 0.1) is 0 Å². The molecule has 142 valence electrons. The Hall–Kier alpha value is -3.80. The molecule has 6 heteroatoms. The number of nitrogens with two attached hydrogens (primary N) is 3. The van der Waals surface area contributed by atoms with Crippen LogP contribution in [0.5, 0.6) is 0 Å². The third-order valence-corrected chi connectivity index (χ3v) is 4.41. The van der Waals surface area contributed by atoms with Gasteiger partial charge in [0.2, 0.25) is 11.8 Å². The number of benzene rings is 3. The molecule has 3 rings (SSSR count). The molecule has 0 atom stereocenters. The smallest absolute Gasteiger partial charge is 0.248 e. The Bertz CT molecular complexity index is 999. The van der Waals surface area contributed by atoms with Crippen LogP contribution >= 0.6 is 0 Å². The number of primary amides is 1. The zero-order chi connectivity index (χ0) is 20.1. The van der Waals surface area contributed by atoms with Gasteiger partial charge in [-0.2, -0.15) is 0 Å². The molecule has 6 nitrogen and oxygen atoms in total. The second kappa shape index (κ2) is 8.26. The number of carbonyl (C=O) groups excluding carboxylic acids is 2. The van der Waals surface area contributed by atoms with Crippen LogP contribution in [-0.4, -0.2) is 11.8 Å². The van der Waals surface area contributed by atoms with Gasteiger partial charge in [-0.25, -0.2) is 0 Å². The third-order valence-electron chi connectivity index (χ3n) is 4.41. The van der Waals surface area contributed by atoms with Crippen molar-refractivity contribution in [1.29, 1.82) is 0 Å². The molecule has 0 aliphatic rings. The summed E-state index contributed by atoms with van der Waals surface area (Å²) >= 11 is 0. The molecule has 2 amide bonds. The maximum Gasteiger partial charge on any atom is 0.248 e. The highest BCUT2D eigenvalue weighted by Crippen LogP contribution is 2.25. The normalized spacial score (nSPS) is 10.4. The first-order chi connectivity index (χ1) is 13.4. The first-order valence-corrected chi connectivity index (χ1v) is 8.82. The number of amides is 2. The van der Waals surface area contributed by atoms with E-state index in [1.54, 1.807) is 47.4 Å². The number of para-hydroxylation sites is 2. The Balaban J connectivity index is 1.89. The summed E-state index contributed by atoms with van der Waals surface area (Å²) in [6, 6.07) is 21.3. The fourth-order valence-electron chi connectivity index (χ4n) is 2.97. The molecular formula is C22H22N4O2. The number of nitrogens with zero attached hydrogens (tertiary/aromatic N) is 1. The minimum Gasteiger partial charge on any atom is -0.399 e. The summed E-state index contributed by atoms with van der Waals surface area (Å²) in [7, 11) is 0. The standard InChI is InChI=1S/C22H22N4O2/c23-18-5-3-4-16(12-18)13-21(27)26(20-7-2-1-6-19(20)24)14-15-8-10-17(11-9-15)22(25)28/h1-12H,13-14,23-24H2,(H2,25,28). The summed E-state index contributed by atoms with van der Waals surface area (Å²) in [5.41, 5.74) is 21.1. The highest BCUT2D eigenvalue weighted by atomic mass is 16.2. The Morgan fingerprint density at radius 1 is 0.821 bits per heavy atom. The van der Waals surface area contributed by atoms with Crippen LogP contribution in [0.3, 0.4) is 0 Å². The van der Waals surface area contributed by atoms with Crippen LogP contribution < -0.4 is 22.1 Å². The van der Waals surface area contributed by atoms with Crippen molar-refractivity contribution >= 4 is 28.9 Å². The van der Waals surface area contributed by atoms with Gasteiger partial charge in [0.05, 0.1) is 24.3 Å². The van der Waals surface area contributed by atoms with Gasteiger partial charge >= 0.3 is 0 Å². The quantitative estimate of drug-likeness (QED) is 0.575. The molecule has 3 aromatic rings. The van der Waals surface area contributed by atoms with E-state index in [0.29, 0.717) is 29.2 Å². The van der Waals surface area contributed by atoms with Gasteiger partial charge in [0.25, 0.3) is 0 Å². The zero-order valence-corrected chi connectivity index (χ0v) is 15.3. The number of anilines is 3. The summed E-state index contributed by atoms with van der Waals surface area (Å²) in [6.45, 7) is 0.314. The van der Waals surface area contributed by atoms with Crippen molar-refractivity contribution in [3.63, 3.8) is 0 Å². The fourth-order valence-corrected chi connectivity index (χ4v) is 2.97. The molecule has 0 radical (unpaired) electrons. The summed E-state index contributed by atoms with van der Waals surface area (Å²) in [4.78, 5) is 26.0. The molecule has 3 aromatic carbocycles. The first kappa shape index (κ1) is 19.0. The van der Waals surface area contributed by atoms with E-state index in [1.165, 1.54) is 0 Å². The molecule has 6 N–H and O–H groups in total. The van der Waals surface area contributed by atoms with Gasteiger partial charge in [0, 0.05) is 11.3 Å². The van der Waals surface area contributed by atoms with E-state index in [4.69, 9.17) is 17.2 Å². The Morgan fingerprint density at radius 3 is 2.18 bits per heavy atom. The molecule has 0 aliphatic heterocycles. The molecule has 0 aromatic heterocycles. The van der Waals surface area contributed by atoms with Crippen LogP contribution in [0.2, 0.25) is 0 Å². The lowest BCUT2D eigenvalue weighted by atomic mass is 10.1. The molecule has 0 fully saturated rings. The van der Waals surface area contributed by atoms with Crippen molar-refractivity contribution in [2.75, 3.05) is 16.4 Å². The predicted molar refractivity (Wildman–Crippen MR) is 112 cm³/mol. The van der Waals surface area contributed by atoms with Gasteiger partial charge in [-0.05, 0) is 47.5 Å². The summed E-state index contributed by atoms with van der Waals surface area (Å²) in [6.07, 6.45) is 0.193. The molecule has 0 spiro atoms. The number of nitrogen functional groups attached to an aromatic ring is 2. The summed E-state index contributed by atoms with van der Waals surface area (Å²) in [5, 5.41) is 0. The maximum absolute atomic E-state index is 13.1. The number of hydrogen-bond donors (Lipinski definition) is 3. The average molecular weight is 374 g/mol. The van der Waals surface area contributed by atoms with Crippen LogP contribution in [0.1, 0.15) is 21.5 Å². The third kappa shape index (κ3) is 4.48. The van der Waals surface area contributed by atoms with Crippen molar-refractivity contribution in [3.8, 4) is 0 Å². The topological polar surface area (TPSA) is 115 Å². The highest BCUT2D eigenvalue weighted by molar-refractivity contribution is 5.97. The van der Waals surface area contributed by atoms with E-state index in [2.05, 4.69) is 0 Å². The van der Waals surface area contributed by atoms with E-state index >= 15 is 0 Å². The second-order valence-corrected chi connectivity index (χ2v) is 6.52. The highest BCUT2D eigenvalue weighted by Gasteiger charge is 2.19. The molecule has 0 bridgehead atoms. The summed E-state index contributed by atoms with van der Waals surface area (Å²) < 4.78 is 0. The van der Waals surface area contributed by atoms with E-state index in [0.717, 1.165) is 11.1 Å². The Morgan fingerprint density at radius 2 is 1.54 bits per heavy atom.